The summed E-state index contributed by atoms with van der Waals surface area (Å²) in [4.78, 5) is 0. The van der Waals surface area contributed by atoms with Gasteiger partial charge in [0.25, 0.3) is 0 Å². The van der Waals surface area contributed by atoms with Crippen LogP contribution < -0.4 is 0 Å². The highest BCUT2D eigenvalue weighted by Gasteiger charge is 2.42. The van der Waals surface area contributed by atoms with Crippen LogP contribution in [-0.4, -0.2) is 5.11 Å². The summed E-state index contributed by atoms with van der Waals surface area (Å²) >= 11 is 0. The maximum atomic E-state index is 10.5. The fraction of sp³-hybridized carbons (Fsp3) is 0.533. The fourth-order valence-electron chi connectivity index (χ4n) is 3.72. The van der Waals surface area contributed by atoms with Crippen LogP contribution in [0.2, 0.25) is 0 Å². The lowest BCUT2D eigenvalue weighted by Gasteiger charge is -2.27. The third kappa shape index (κ3) is 1.85. The van der Waals surface area contributed by atoms with Gasteiger partial charge in [0.15, 0.2) is 0 Å². The summed E-state index contributed by atoms with van der Waals surface area (Å²) in [6.45, 7) is 0. The number of hydrogen-bond donors (Lipinski definition) is 1. The minimum absolute atomic E-state index is 0.376. The van der Waals surface area contributed by atoms with Crippen molar-refractivity contribution in [3.05, 3.63) is 35.4 Å². The largest absolute Gasteiger partial charge is 0.388 e. The van der Waals surface area contributed by atoms with Gasteiger partial charge in [-0.1, -0.05) is 18.6 Å². The Balaban J connectivity index is 1.82. The van der Waals surface area contributed by atoms with E-state index in [1.165, 1.54) is 25.7 Å². The number of hydrogen-bond acceptors (Lipinski definition) is 2. The molecular weight excluding hydrogens is 210 g/mol. The van der Waals surface area contributed by atoms with Crippen LogP contribution in [0.5, 0.6) is 0 Å². The zero-order chi connectivity index (χ0) is 11.8. The van der Waals surface area contributed by atoms with E-state index in [-0.39, 0.29) is 6.10 Å². The molecule has 3 rings (SSSR count). The minimum atomic E-state index is -0.376. The smallest absolute Gasteiger partial charge is 0.0991 e. The number of aliphatic hydroxyl groups is 1. The van der Waals surface area contributed by atoms with E-state index in [2.05, 4.69) is 6.07 Å². The zero-order valence-corrected chi connectivity index (χ0v) is 9.84. The predicted molar refractivity (Wildman–Crippen MR) is 65.1 cm³/mol. The van der Waals surface area contributed by atoms with E-state index in [0.29, 0.717) is 17.4 Å². The van der Waals surface area contributed by atoms with Crippen LogP contribution >= 0.6 is 0 Å². The molecule has 88 valence electrons. The van der Waals surface area contributed by atoms with Crippen LogP contribution in [0.25, 0.3) is 0 Å². The molecule has 2 fully saturated rings. The lowest BCUT2D eigenvalue weighted by atomic mass is 9.82. The summed E-state index contributed by atoms with van der Waals surface area (Å²) in [6.07, 6.45) is 4.73. The molecule has 0 amide bonds. The average molecular weight is 227 g/mol. The van der Waals surface area contributed by atoms with E-state index < -0.39 is 0 Å². The number of rotatable bonds is 2. The molecule has 2 heteroatoms. The van der Waals surface area contributed by atoms with Crippen molar-refractivity contribution in [3.8, 4) is 6.07 Å². The van der Waals surface area contributed by atoms with Crippen molar-refractivity contribution in [2.45, 2.75) is 31.8 Å². The quantitative estimate of drug-likeness (QED) is 0.844. The number of nitriles is 1. The topological polar surface area (TPSA) is 44.0 Å². The van der Waals surface area contributed by atoms with Crippen molar-refractivity contribution in [1.29, 1.82) is 5.26 Å². The standard InChI is InChI=1S/C15H17NO/c16-9-11-2-1-3-13(7-11)15(17)14-8-10-4-5-12(14)6-10/h1-3,7,10,12,14-15,17H,4-6,8H2. The highest BCUT2D eigenvalue weighted by molar-refractivity contribution is 5.34. The molecule has 4 unspecified atom stereocenters. The first-order chi connectivity index (χ1) is 8.28. The highest BCUT2D eigenvalue weighted by atomic mass is 16.3. The lowest BCUT2D eigenvalue weighted by Crippen LogP contribution is -2.19. The first-order valence-corrected chi connectivity index (χ1v) is 6.46. The summed E-state index contributed by atoms with van der Waals surface area (Å²) < 4.78 is 0. The molecular formula is C15H17NO. The number of aliphatic hydroxyl groups excluding tert-OH is 1. The summed E-state index contributed by atoms with van der Waals surface area (Å²) in [5, 5.41) is 19.3. The van der Waals surface area contributed by atoms with Gasteiger partial charge in [-0.15, -0.1) is 0 Å². The Hall–Kier alpha value is -1.33. The van der Waals surface area contributed by atoms with Gasteiger partial charge < -0.3 is 5.11 Å². The van der Waals surface area contributed by atoms with E-state index in [9.17, 15) is 5.11 Å². The third-order valence-corrected chi connectivity index (χ3v) is 4.56. The molecule has 2 aliphatic carbocycles. The minimum Gasteiger partial charge on any atom is -0.388 e. The Morgan fingerprint density at radius 3 is 2.82 bits per heavy atom. The summed E-state index contributed by atoms with van der Waals surface area (Å²) in [7, 11) is 0. The molecule has 1 N–H and O–H groups in total. The average Bonchev–Trinajstić information content (AvgIpc) is 3.00. The molecule has 0 aromatic heterocycles. The fourth-order valence-corrected chi connectivity index (χ4v) is 3.72. The van der Waals surface area contributed by atoms with Gasteiger partial charge >= 0.3 is 0 Å². The van der Waals surface area contributed by atoms with Crippen LogP contribution in [0.4, 0.5) is 0 Å². The second kappa shape index (κ2) is 4.16. The van der Waals surface area contributed by atoms with Crippen LogP contribution in [0, 0.1) is 29.1 Å². The van der Waals surface area contributed by atoms with Gasteiger partial charge in [0.05, 0.1) is 17.7 Å². The normalized spacial score (nSPS) is 32.4. The molecule has 4 atom stereocenters. The van der Waals surface area contributed by atoms with Crippen molar-refractivity contribution in [3.63, 3.8) is 0 Å². The molecule has 0 radical (unpaired) electrons. The number of fused-ring (bicyclic) bond motifs is 2. The molecule has 2 saturated carbocycles. The molecule has 2 nitrogen and oxygen atoms in total. The van der Waals surface area contributed by atoms with E-state index in [1.807, 2.05) is 18.2 Å². The van der Waals surface area contributed by atoms with Crippen LogP contribution in [0.1, 0.15) is 42.9 Å². The Morgan fingerprint density at radius 2 is 2.18 bits per heavy atom. The molecule has 2 aliphatic rings. The van der Waals surface area contributed by atoms with Gasteiger partial charge in [-0.25, -0.2) is 0 Å². The third-order valence-electron chi connectivity index (χ3n) is 4.56. The van der Waals surface area contributed by atoms with Gasteiger partial charge in [0.2, 0.25) is 0 Å². The second-order valence-electron chi connectivity index (χ2n) is 5.52. The SMILES string of the molecule is N#Cc1cccc(C(O)C2CC3CCC2C3)c1. The van der Waals surface area contributed by atoms with Gasteiger partial charge in [-0.2, -0.15) is 5.26 Å². The molecule has 1 aromatic carbocycles. The van der Waals surface area contributed by atoms with Crippen molar-refractivity contribution in [2.24, 2.45) is 17.8 Å². The lowest BCUT2D eigenvalue weighted by molar-refractivity contribution is 0.0745. The molecule has 0 heterocycles. The van der Waals surface area contributed by atoms with Crippen LogP contribution in [-0.2, 0) is 0 Å². The first-order valence-electron chi connectivity index (χ1n) is 6.46. The highest BCUT2D eigenvalue weighted by Crippen LogP contribution is 2.52. The van der Waals surface area contributed by atoms with Crippen molar-refractivity contribution < 1.29 is 5.11 Å². The van der Waals surface area contributed by atoms with E-state index >= 15 is 0 Å². The van der Waals surface area contributed by atoms with E-state index in [0.717, 1.165) is 11.5 Å². The van der Waals surface area contributed by atoms with Crippen molar-refractivity contribution >= 4 is 0 Å². The number of benzene rings is 1. The zero-order valence-electron chi connectivity index (χ0n) is 9.84. The molecule has 2 bridgehead atoms. The second-order valence-corrected chi connectivity index (χ2v) is 5.52. The molecule has 17 heavy (non-hydrogen) atoms. The Kier molecular flexibility index (Phi) is 2.64. The van der Waals surface area contributed by atoms with Gasteiger partial charge in [-0.3, -0.25) is 0 Å². The van der Waals surface area contributed by atoms with Gasteiger partial charge in [-0.05, 0) is 54.7 Å². The van der Waals surface area contributed by atoms with Gasteiger partial charge in [0, 0.05) is 0 Å². The number of nitrogens with zero attached hydrogens (tertiary/aromatic N) is 1. The van der Waals surface area contributed by atoms with Gasteiger partial charge in [0.1, 0.15) is 0 Å². The Morgan fingerprint density at radius 1 is 1.29 bits per heavy atom. The molecule has 0 saturated heterocycles. The Bertz CT molecular complexity index is 462. The van der Waals surface area contributed by atoms with Crippen LogP contribution in [0.15, 0.2) is 24.3 Å². The molecule has 1 aromatic rings. The Labute approximate surface area is 102 Å². The summed E-state index contributed by atoms with van der Waals surface area (Å²) in [6, 6.07) is 9.56. The summed E-state index contributed by atoms with van der Waals surface area (Å²) in [5.41, 5.74) is 1.56. The van der Waals surface area contributed by atoms with Crippen LogP contribution in [0.3, 0.4) is 0 Å². The molecule has 0 spiro atoms. The van der Waals surface area contributed by atoms with E-state index in [4.69, 9.17) is 5.26 Å². The monoisotopic (exact) mass is 227 g/mol. The predicted octanol–water partition coefficient (Wildman–Crippen LogP) is 3.03. The summed E-state index contributed by atoms with van der Waals surface area (Å²) in [5.74, 6) is 1.97. The van der Waals surface area contributed by atoms with Crippen molar-refractivity contribution in [1.82, 2.24) is 0 Å². The molecule has 0 aliphatic heterocycles. The first kappa shape index (κ1) is 10.8. The maximum Gasteiger partial charge on any atom is 0.0991 e. The van der Waals surface area contributed by atoms with Crippen molar-refractivity contribution in [2.75, 3.05) is 0 Å². The maximum absolute atomic E-state index is 10.5. The van der Waals surface area contributed by atoms with E-state index in [1.54, 1.807) is 6.07 Å².